The number of ether oxygens (including phenoxy) is 1. The van der Waals surface area contributed by atoms with Crippen molar-refractivity contribution >= 4 is 11.9 Å². The third kappa shape index (κ3) is 4.61. The molecule has 0 saturated heterocycles. The summed E-state index contributed by atoms with van der Waals surface area (Å²) in [6, 6.07) is 0. The molecule has 3 aliphatic carbocycles. The van der Waals surface area contributed by atoms with Gasteiger partial charge < -0.3 is 14.9 Å². The Morgan fingerprint density at radius 3 is 2.42 bits per heavy atom. The molecule has 0 heterocycles. The van der Waals surface area contributed by atoms with E-state index in [0.717, 1.165) is 44.1 Å². The summed E-state index contributed by atoms with van der Waals surface area (Å²) in [6.45, 7) is 17.6. The fraction of sp³-hybridized carbons (Fsp3) is 0.742. The molecule has 3 rings (SSSR count). The van der Waals surface area contributed by atoms with Crippen molar-refractivity contribution in [2.45, 2.75) is 99.0 Å². The average Bonchev–Trinajstić information content (AvgIpc) is 3.09. The van der Waals surface area contributed by atoms with Crippen LogP contribution in [-0.4, -0.2) is 35.4 Å². The number of rotatable bonds is 10. The molecule has 5 nitrogen and oxygen atoms in total. The van der Waals surface area contributed by atoms with Gasteiger partial charge in [-0.25, -0.2) is 4.79 Å². The molecule has 202 valence electrons. The monoisotopic (exact) mass is 500 g/mol. The van der Waals surface area contributed by atoms with Crippen molar-refractivity contribution < 1.29 is 24.5 Å². The summed E-state index contributed by atoms with van der Waals surface area (Å²) in [6.07, 6.45) is 11.2. The predicted molar refractivity (Wildman–Crippen MR) is 144 cm³/mol. The number of hydrogen-bond acceptors (Lipinski definition) is 3. The van der Waals surface area contributed by atoms with Crippen LogP contribution in [0.5, 0.6) is 0 Å². The van der Waals surface area contributed by atoms with Crippen LogP contribution in [0.25, 0.3) is 0 Å². The van der Waals surface area contributed by atoms with Gasteiger partial charge in [0.15, 0.2) is 0 Å². The molecule has 5 heteroatoms. The van der Waals surface area contributed by atoms with E-state index < -0.39 is 11.9 Å². The normalized spacial score (nSPS) is 39.1. The minimum atomic E-state index is -0.844. The van der Waals surface area contributed by atoms with E-state index in [1.807, 2.05) is 13.2 Å². The van der Waals surface area contributed by atoms with Crippen LogP contribution in [0, 0.1) is 39.9 Å². The highest BCUT2D eigenvalue weighted by Crippen LogP contribution is 2.72. The molecule has 0 aromatic rings. The maximum Gasteiger partial charge on any atom is 0.330 e. The van der Waals surface area contributed by atoms with E-state index in [4.69, 9.17) is 4.74 Å². The van der Waals surface area contributed by atoms with Gasteiger partial charge in [0.05, 0.1) is 6.10 Å². The van der Waals surface area contributed by atoms with Gasteiger partial charge in [-0.2, -0.15) is 0 Å². The quantitative estimate of drug-likeness (QED) is 0.243. The van der Waals surface area contributed by atoms with Gasteiger partial charge in [-0.1, -0.05) is 57.6 Å². The van der Waals surface area contributed by atoms with E-state index in [1.54, 1.807) is 6.92 Å². The lowest BCUT2D eigenvalue weighted by Crippen LogP contribution is -2.58. The summed E-state index contributed by atoms with van der Waals surface area (Å²) in [5.41, 5.74) is 2.77. The van der Waals surface area contributed by atoms with Crippen LogP contribution >= 0.6 is 0 Å². The topological polar surface area (TPSA) is 83.8 Å². The van der Waals surface area contributed by atoms with Crippen molar-refractivity contribution in [3.05, 3.63) is 35.5 Å². The number of methoxy groups -OCH3 is 1. The van der Waals surface area contributed by atoms with Crippen LogP contribution in [0.15, 0.2) is 35.5 Å². The molecule has 2 saturated carbocycles. The second kappa shape index (κ2) is 10.5. The van der Waals surface area contributed by atoms with Crippen molar-refractivity contribution in [3.8, 4) is 0 Å². The van der Waals surface area contributed by atoms with Gasteiger partial charge in [-0.3, -0.25) is 4.79 Å². The standard InChI is InChI=1S/C31H48O5/c1-19(2)22-12-13-24-25(29(22,5)16-15-27(32)33)18-26(36-8)31(7)23(14-17-30(24,31)6)20(3)10-9-11-21(4)28(34)35/h11,18,20,22-24,26H,1,9-10,12-17H2,2-8H3,(H,32,33)(H,34,35)/b21-11-/t20-,22+,23-,24-,26+,29+,30+,31+/m1/s1. The van der Waals surface area contributed by atoms with Gasteiger partial charge in [0.25, 0.3) is 0 Å². The first-order chi connectivity index (χ1) is 16.7. The molecule has 2 N–H and O–H groups in total. The van der Waals surface area contributed by atoms with Crippen molar-refractivity contribution in [1.82, 2.24) is 0 Å². The Bertz CT molecular complexity index is 947. The lowest BCUT2D eigenvalue weighted by atomic mass is 9.43. The molecule has 36 heavy (non-hydrogen) atoms. The third-order valence-corrected chi connectivity index (χ3v) is 11.0. The first-order valence-electron chi connectivity index (χ1n) is 13.8. The Hall–Kier alpha value is -1.88. The summed E-state index contributed by atoms with van der Waals surface area (Å²) in [5, 5.41) is 18.7. The van der Waals surface area contributed by atoms with E-state index in [2.05, 4.69) is 47.3 Å². The van der Waals surface area contributed by atoms with Crippen LogP contribution < -0.4 is 0 Å². The largest absolute Gasteiger partial charge is 0.481 e. The highest BCUT2D eigenvalue weighted by molar-refractivity contribution is 5.85. The van der Waals surface area contributed by atoms with Gasteiger partial charge >= 0.3 is 11.9 Å². The van der Waals surface area contributed by atoms with Crippen LogP contribution in [0.1, 0.15) is 92.9 Å². The van der Waals surface area contributed by atoms with E-state index in [-0.39, 0.29) is 34.7 Å². The molecule has 8 atom stereocenters. The molecule has 0 amide bonds. The first kappa shape index (κ1) is 28.7. The maximum atomic E-state index is 11.6. The van der Waals surface area contributed by atoms with E-state index >= 15 is 0 Å². The zero-order valence-electron chi connectivity index (χ0n) is 23.5. The summed E-state index contributed by atoms with van der Waals surface area (Å²) < 4.78 is 6.29. The molecule has 0 spiro atoms. The average molecular weight is 501 g/mol. The van der Waals surface area contributed by atoms with Gasteiger partial charge in [-0.15, -0.1) is 0 Å². The second-order valence-corrected chi connectivity index (χ2v) is 12.7. The van der Waals surface area contributed by atoms with Gasteiger partial charge in [0.1, 0.15) is 0 Å². The summed E-state index contributed by atoms with van der Waals surface area (Å²) >= 11 is 0. The van der Waals surface area contributed by atoms with E-state index in [1.165, 1.54) is 5.57 Å². The number of fused-ring (bicyclic) bond motifs is 3. The Balaban J connectivity index is 2.00. The molecule has 0 radical (unpaired) electrons. The fourth-order valence-electron chi connectivity index (χ4n) is 8.76. The number of hydrogen-bond donors (Lipinski definition) is 2. The summed E-state index contributed by atoms with van der Waals surface area (Å²) in [5.74, 6) is 0.0421. The van der Waals surface area contributed by atoms with E-state index in [0.29, 0.717) is 29.7 Å². The predicted octanol–water partition coefficient (Wildman–Crippen LogP) is 7.28. The lowest BCUT2D eigenvalue weighted by molar-refractivity contribution is -0.138. The van der Waals surface area contributed by atoms with Crippen LogP contribution in [0.2, 0.25) is 0 Å². The number of carboxylic acids is 2. The summed E-state index contributed by atoms with van der Waals surface area (Å²) in [7, 11) is 1.82. The van der Waals surface area contributed by atoms with Crippen LogP contribution in [-0.2, 0) is 14.3 Å². The Morgan fingerprint density at radius 2 is 1.86 bits per heavy atom. The minimum absolute atomic E-state index is 0.0342. The molecule has 3 aliphatic rings. The van der Waals surface area contributed by atoms with E-state index in [9.17, 15) is 19.8 Å². The molecule has 0 aromatic carbocycles. The fourth-order valence-corrected chi connectivity index (χ4v) is 8.76. The minimum Gasteiger partial charge on any atom is -0.481 e. The molecule has 2 fully saturated rings. The van der Waals surface area contributed by atoms with Gasteiger partial charge in [0.2, 0.25) is 0 Å². The zero-order chi connectivity index (χ0) is 27.1. The molecule has 0 unspecified atom stereocenters. The summed E-state index contributed by atoms with van der Waals surface area (Å²) in [4.78, 5) is 22.8. The Labute approximate surface area is 218 Å². The van der Waals surface area contributed by atoms with Crippen molar-refractivity contribution in [2.24, 2.45) is 39.9 Å². The SMILES string of the molecule is C=C(C)[C@@H]1CC[C@@H]2C(=C[C@H](OC)[C@]3(C)[C@@H]([C@H](C)CC/C=C(/C)C(=O)O)CC[C@@]23C)[C@@]1(C)CCC(=O)O. The third-order valence-electron chi connectivity index (χ3n) is 11.0. The molecular weight excluding hydrogens is 452 g/mol. The highest BCUT2D eigenvalue weighted by atomic mass is 16.5. The van der Waals surface area contributed by atoms with Gasteiger partial charge in [0, 0.05) is 24.5 Å². The molecule has 0 bridgehead atoms. The second-order valence-electron chi connectivity index (χ2n) is 12.7. The number of carboxylic acid groups (broad SMARTS) is 2. The first-order valence-corrected chi connectivity index (χ1v) is 13.8. The lowest BCUT2D eigenvalue weighted by Gasteiger charge is -2.62. The number of carbonyl (C=O) groups is 2. The number of allylic oxidation sites excluding steroid dienone is 3. The highest BCUT2D eigenvalue weighted by Gasteiger charge is 2.66. The maximum absolute atomic E-state index is 11.6. The molecular formula is C31H48O5. The van der Waals surface area contributed by atoms with Crippen molar-refractivity contribution in [3.63, 3.8) is 0 Å². The van der Waals surface area contributed by atoms with Gasteiger partial charge in [-0.05, 0) is 93.3 Å². The van der Waals surface area contributed by atoms with Crippen LogP contribution in [0.3, 0.4) is 0 Å². The number of aliphatic carboxylic acids is 2. The molecule has 0 aliphatic heterocycles. The van der Waals surface area contributed by atoms with Crippen molar-refractivity contribution in [1.29, 1.82) is 0 Å². The van der Waals surface area contributed by atoms with Crippen LogP contribution in [0.4, 0.5) is 0 Å². The Kier molecular flexibility index (Phi) is 8.35. The molecule has 0 aromatic heterocycles. The van der Waals surface area contributed by atoms with Crippen molar-refractivity contribution in [2.75, 3.05) is 7.11 Å². The Morgan fingerprint density at radius 1 is 1.19 bits per heavy atom. The zero-order valence-corrected chi connectivity index (χ0v) is 23.5. The smallest absolute Gasteiger partial charge is 0.330 e.